The lowest BCUT2D eigenvalue weighted by Gasteiger charge is -2.01. The second-order valence-corrected chi connectivity index (χ2v) is 5.52. The molecule has 3 rings (SSSR count). The second-order valence-electron chi connectivity index (χ2n) is 4.52. The van der Waals surface area contributed by atoms with E-state index in [4.69, 9.17) is 5.26 Å². The number of nitriles is 1. The molecular formula is C15H11N3OS. The van der Waals surface area contributed by atoms with Crippen LogP contribution >= 0.6 is 11.3 Å². The van der Waals surface area contributed by atoms with Crippen LogP contribution in [0.3, 0.4) is 0 Å². The largest absolute Gasteiger partial charge is 0.310 e. The van der Waals surface area contributed by atoms with Crippen molar-refractivity contribution in [2.24, 2.45) is 0 Å². The predicted molar refractivity (Wildman–Crippen MR) is 78.9 cm³/mol. The molecule has 0 atom stereocenters. The average Bonchev–Trinajstić information content (AvgIpc) is 2.76. The zero-order chi connectivity index (χ0) is 14.1. The first-order valence-corrected chi connectivity index (χ1v) is 6.97. The number of hydrogen-bond donors (Lipinski definition) is 1. The van der Waals surface area contributed by atoms with E-state index in [1.165, 1.54) is 11.3 Å². The monoisotopic (exact) mass is 281 g/mol. The Bertz CT molecular complexity index is 872. The quantitative estimate of drug-likeness (QED) is 0.785. The van der Waals surface area contributed by atoms with E-state index in [0.717, 1.165) is 5.56 Å². The molecule has 0 bridgehead atoms. The summed E-state index contributed by atoms with van der Waals surface area (Å²) < 4.78 is 0. The Morgan fingerprint density at radius 3 is 2.80 bits per heavy atom. The molecule has 4 nitrogen and oxygen atoms in total. The van der Waals surface area contributed by atoms with Crippen molar-refractivity contribution in [3.05, 3.63) is 62.5 Å². The van der Waals surface area contributed by atoms with Crippen molar-refractivity contribution in [3.63, 3.8) is 0 Å². The van der Waals surface area contributed by atoms with Gasteiger partial charge >= 0.3 is 0 Å². The number of aryl methyl sites for hydroxylation is 1. The van der Waals surface area contributed by atoms with E-state index in [1.807, 2.05) is 30.3 Å². The lowest BCUT2D eigenvalue weighted by Crippen LogP contribution is -2.11. The zero-order valence-corrected chi connectivity index (χ0v) is 11.6. The third-order valence-electron chi connectivity index (χ3n) is 3.17. The summed E-state index contributed by atoms with van der Waals surface area (Å²) in [7, 11) is 0. The standard InChI is InChI=1S/C15H11N3OS/c1-9-11(8-16)20-15-13(9)14(19)17-12(18-15)7-10-5-3-2-4-6-10/h2-6H,7H2,1H3,(H,17,18,19). The molecule has 2 aromatic heterocycles. The van der Waals surface area contributed by atoms with E-state index >= 15 is 0 Å². The Balaban J connectivity index is 2.11. The van der Waals surface area contributed by atoms with E-state index in [1.54, 1.807) is 6.92 Å². The number of aromatic nitrogens is 2. The number of H-pyrrole nitrogens is 1. The Morgan fingerprint density at radius 2 is 2.10 bits per heavy atom. The average molecular weight is 281 g/mol. The molecule has 2 heterocycles. The predicted octanol–water partition coefficient (Wildman–Crippen LogP) is 2.76. The van der Waals surface area contributed by atoms with Crippen molar-refractivity contribution >= 4 is 21.6 Å². The molecule has 1 aromatic carbocycles. The van der Waals surface area contributed by atoms with E-state index in [0.29, 0.717) is 32.9 Å². The van der Waals surface area contributed by atoms with Gasteiger partial charge in [0.05, 0.1) is 5.39 Å². The van der Waals surface area contributed by atoms with Crippen LogP contribution in [0.15, 0.2) is 35.1 Å². The number of thiophene rings is 1. The van der Waals surface area contributed by atoms with Crippen LogP contribution in [0, 0.1) is 18.3 Å². The van der Waals surface area contributed by atoms with Gasteiger partial charge in [-0.05, 0) is 18.1 Å². The zero-order valence-electron chi connectivity index (χ0n) is 10.8. The Labute approximate surface area is 119 Å². The minimum absolute atomic E-state index is 0.170. The van der Waals surface area contributed by atoms with Gasteiger partial charge in [-0.3, -0.25) is 4.79 Å². The smallest absolute Gasteiger partial charge is 0.259 e. The second kappa shape index (κ2) is 4.91. The summed E-state index contributed by atoms with van der Waals surface area (Å²) in [6.45, 7) is 1.78. The molecule has 0 spiro atoms. The van der Waals surface area contributed by atoms with Crippen molar-refractivity contribution in [2.75, 3.05) is 0 Å². The normalized spacial score (nSPS) is 10.6. The summed E-state index contributed by atoms with van der Waals surface area (Å²) in [5, 5.41) is 9.57. The third kappa shape index (κ3) is 2.10. The summed E-state index contributed by atoms with van der Waals surface area (Å²) in [4.78, 5) is 20.6. The molecular weight excluding hydrogens is 270 g/mol. The summed E-state index contributed by atoms with van der Waals surface area (Å²) in [6.07, 6.45) is 0.574. The number of fused-ring (bicyclic) bond motifs is 1. The molecule has 0 saturated carbocycles. The molecule has 5 heteroatoms. The highest BCUT2D eigenvalue weighted by molar-refractivity contribution is 7.19. The number of nitrogens with one attached hydrogen (secondary N) is 1. The Kier molecular flexibility index (Phi) is 3.09. The number of rotatable bonds is 2. The van der Waals surface area contributed by atoms with Crippen LogP contribution in [-0.4, -0.2) is 9.97 Å². The third-order valence-corrected chi connectivity index (χ3v) is 4.26. The maximum absolute atomic E-state index is 12.1. The van der Waals surface area contributed by atoms with Gasteiger partial charge in [0.25, 0.3) is 5.56 Å². The molecule has 0 saturated heterocycles. The van der Waals surface area contributed by atoms with E-state index < -0.39 is 0 Å². The Hall–Kier alpha value is -2.45. The fourth-order valence-electron chi connectivity index (χ4n) is 2.17. The number of hydrogen-bond acceptors (Lipinski definition) is 4. The van der Waals surface area contributed by atoms with Crippen LogP contribution in [0.1, 0.15) is 21.8 Å². The molecule has 0 aliphatic carbocycles. The summed E-state index contributed by atoms with van der Waals surface area (Å²) >= 11 is 1.27. The maximum atomic E-state index is 12.1. The van der Waals surface area contributed by atoms with Crippen molar-refractivity contribution in [3.8, 4) is 6.07 Å². The molecule has 0 fully saturated rings. The highest BCUT2D eigenvalue weighted by Gasteiger charge is 2.13. The van der Waals surface area contributed by atoms with E-state index in [2.05, 4.69) is 16.0 Å². The van der Waals surface area contributed by atoms with Crippen molar-refractivity contribution < 1.29 is 0 Å². The van der Waals surface area contributed by atoms with E-state index in [9.17, 15) is 4.79 Å². The van der Waals surface area contributed by atoms with Crippen LogP contribution in [0.4, 0.5) is 0 Å². The summed E-state index contributed by atoms with van der Waals surface area (Å²) in [5.74, 6) is 0.624. The van der Waals surface area contributed by atoms with Crippen LogP contribution in [-0.2, 0) is 6.42 Å². The molecule has 0 unspecified atom stereocenters. The van der Waals surface area contributed by atoms with Gasteiger partial charge in [-0.1, -0.05) is 30.3 Å². The molecule has 0 aliphatic rings. The Morgan fingerprint density at radius 1 is 1.35 bits per heavy atom. The number of benzene rings is 1. The highest BCUT2D eigenvalue weighted by atomic mass is 32.1. The van der Waals surface area contributed by atoms with Gasteiger partial charge < -0.3 is 4.98 Å². The van der Waals surface area contributed by atoms with Crippen LogP contribution < -0.4 is 5.56 Å². The van der Waals surface area contributed by atoms with Gasteiger partial charge in [0.1, 0.15) is 21.6 Å². The lowest BCUT2D eigenvalue weighted by molar-refractivity contribution is 0.976. The minimum Gasteiger partial charge on any atom is -0.310 e. The van der Waals surface area contributed by atoms with E-state index in [-0.39, 0.29) is 5.56 Å². The fourth-order valence-corrected chi connectivity index (χ4v) is 3.17. The lowest BCUT2D eigenvalue weighted by atomic mass is 10.1. The van der Waals surface area contributed by atoms with Crippen LogP contribution in [0.25, 0.3) is 10.2 Å². The number of nitrogens with zero attached hydrogens (tertiary/aromatic N) is 2. The first-order valence-electron chi connectivity index (χ1n) is 6.15. The minimum atomic E-state index is -0.170. The molecule has 98 valence electrons. The molecule has 0 amide bonds. The molecule has 0 radical (unpaired) electrons. The summed E-state index contributed by atoms with van der Waals surface area (Å²) in [6, 6.07) is 11.9. The molecule has 1 N–H and O–H groups in total. The van der Waals surface area contributed by atoms with Gasteiger partial charge in [-0.15, -0.1) is 11.3 Å². The van der Waals surface area contributed by atoms with Crippen LogP contribution in [0.5, 0.6) is 0 Å². The molecule has 0 aliphatic heterocycles. The first-order chi connectivity index (χ1) is 9.69. The maximum Gasteiger partial charge on any atom is 0.259 e. The van der Waals surface area contributed by atoms with Gasteiger partial charge in [0.15, 0.2) is 0 Å². The van der Waals surface area contributed by atoms with Gasteiger partial charge in [-0.25, -0.2) is 4.98 Å². The molecule has 20 heavy (non-hydrogen) atoms. The SMILES string of the molecule is Cc1c(C#N)sc2nc(Cc3ccccc3)[nH]c(=O)c12. The highest BCUT2D eigenvalue weighted by Crippen LogP contribution is 2.26. The fraction of sp³-hybridized carbons (Fsp3) is 0.133. The van der Waals surface area contributed by atoms with Gasteiger partial charge in [-0.2, -0.15) is 5.26 Å². The van der Waals surface area contributed by atoms with Crippen LogP contribution in [0.2, 0.25) is 0 Å². The van der Waals surface area contributed by atoms with Crippen molar-refractivity contribution in [1.82, 2.24) is 9.97 Å². The van der Waals surface area contributed by atoms with Gasteiger partial charge in [0, 0.05) is 6.42 Å². The topological polar surface area (TPSA) is 69.5 Å². The first kappa shape index (κ1) is 12.6. The summed E-state index contributed by atoms with van der Waals surface area (Å²) in [5.41, 5.74) is 1.63. The van der Waals surface area contributed by atoms with Crippen molar-refractivity contribution in [1.29, 1.82) is 5.26 Å². The molecule has 3 aromatic rings. The number of aromatic amines is 1. The van der Waals surface area contributed by atoms with Gasteiger partial charge in [0.2, 0.25) is 0 Å². The van der Waals surface area contributed by atoms with Crippen molar-refractivity contribution in [2.45, 2.75) is 13.3 Å².